The lowest BCUT2D eigenvalue weighted by Crippen LogP contribution is -2.12. The van der Waals surface area contributed by atoms with E-state index in [1.165, 1.54) is 0 Å². The molecule has 0 aliphatic rings. The predicted molar refractivity (Wildman–Crippen MR) is 76.5 cm³/mol. The molecule has 6 heteroatoms. The molecule has 94 valence electrons. The summed E-state index contributed by atoms with van der Waals surface area (Å²) in [6.07, 6.45) is 0. The summed E-state index contributed by atoms with van der Waals surface area (Å²) in [4.78, 5) is 26.0. The Morgan fingerprint density at radius 2 is 2.11 bits per heavy atom. The number of carbonyl (C=O) groups excluding carboxylic acids is 1. The van der Waals surface area contributed by atoms with Crippen LogP contribution in [0.2, 0.25) is 0 Å². The molecule has 0 aliphatic carbocycles. The van der Waals surface area contributed by atoms with E-state index in [0.29, 0.717) is 10.6 Å². The van der Waals surface area contributed by atoms with E-state index >= 15 is 0 Å². The minimum atomic E-state index is -0.263. The number of amides is 1. The van der Waals surface area contributed by atoms with Crippen LogP contribution >= 0.6 is 27.3 Å². The van der Waals surface area contributed by atoms with Gasteiger partial charge in [0.05, 0.1) is 0 Å². The van der Waals surface area contributed by atoms with Crippen molar-refractivity contribution >= 4 is 38.9 Å². The van der Waals surface area contributed by atoms with Crippen LogP contribution in [-0.4, -0.2) is 10.9 Å². The Morgan fingerprint density at radius 3 is 2.67 bits per heavy atom. The van der Waals surface area contributed by atoms with Gasteiger partial charge in [0.25, 0.3) is 5.91 Å². The summed E-state index contributed by atoms with van der Waals surface area (Å²) in [6, 6.07) is 5.60. The number of rotatable bonds is 2. The van der Waals surface area contributed by atoms with Crippen molar-refractivity contribution < 1.29 is 4.79 Å². The monoisotopic (exact) mass is 326 g/mol. The van der Waals surface area contributed by atoms with Gasteiger partial charge in [-0.1, -0.05) is 27.3 Å². The van der Waals surface area contributed by atoms with E-state index in [4.69, 9.17) is 0 Å². The molecule has 0 atom stereocenters. The molecule has 0 radical (unpaired) electrons. The number of aromatic nitrogens is 1. The zero-order valence-electron chi connectivity index (χ0n) is 9.83. The molecule has 0 saturated carbocycles. The van der Waals surface area contributed by atoms with Crippen molar-refractivity contribution in [3.8, 4) is 0 Å². The van der Waals surface area contributed by atoms with Gasteiger partial charge in [0.15, 0.2) is 0 Å². The van der Waals surface area contributed by atoms with Crippen LogP contribution in [0.4, 0.5) is 5.69 Å². The average Bonchev–Trinajstić information content (AvgIpc) is 2.62. The topological polar surface area (TPSA) is 62.0 Å². The Bertz CT molecular complexity index is 660. The van der Waals surface area contributed by atoms with Gasteiger partial charge >= 0.3 is 4.87 Å². The lowest BCUT2D eigenvalue weighted by molar-refractivity contribution is 0.102. The summed E-state index contributed by atoms with van der Waals surface area (Å²) in [5.41, 5.74) is 2.29. The number of carbonyl (C=O) groups is 1. The molecule has 0 fully saturated rings. The van der Waals surface area contributed by atoms with E-state index in [9.17, 15) is 9.59 Å². The van der Waals surface area contributed by atoms with Crippen LogP contribution < -0.4 is 10.2 Å². The zero-order chi connectivity index (χ0) is 13.3. The molecule has 2 N–H and O–H groups in total. The van der Waals surface area contributed by atoms with E-state index in [1.807, 2.05) is 25.1 Å². The van der Waals surface area contributed by atoms with Gasteiger partial charge in [-0.3, -0.25) is 9.59 Å². The Labute approximate surface area is 116 Å². The summed E-state index contributed by atoms with van der Waals surface area (Å²) in [5, 5.41) is 2.80. The lowest BCUT2D eigenvalue weighted by Gasteiger charge is -2.07. The van der Waals surface area contributed by atoms with Crippen LogP contribution in [0.1, 0.15) is 20.9 Å². The molecular weight excluding hydrogens is 316 g/mol. The van der Waals surface area contributed by atoms with Crippen molar-refractivity contribution in [1.29, 1.82) is 0 Å². The van der Waals surface area contributed by atoms with Crippen molar-refractivity contribution in [2.24, 2.45) is 0 Å². The molecule has 2 rings (SSSR count). The van der Waals surface area contributed by atoms with Gasteiger partial charge in [0, 0.05) is 15.9 Å². The number of nitrogens with one attached hydrogen (secondary N) is 2. The predicted octanol–water partition coefficient (Wildman–Crippen LogP) is 3.07. The van der Waals surface area contributed by atoms with Gasteiger partial charge in [-0.2, -0.15) is 0 Å². The first kappa shape index (κ1) is 13.0. The molecular formula is C12H11BrN2O2S. The Morgan fingerprint density at radius 1 is 1.39 bits per heavy atom. The van der Waals surface area contributed by atoms with Gasteiger partial charge in [-0.15, -0.1) is 0 Å². The second-order valence-corrected chi connectivity index (χ2v) is 5.78. The van der Waals surface area contributed by atoms with E-state index < -0.39 is 0 Å². The normalized spacial score (nSPS) is 10.4. The third kappa shape index (κ3) is 2.70. The first-order valence-electron chi connectivity index (χ1n) is 5.24. The number of benzene rings is 1. The minimum absolute atomic E-state index is 0.217. The molecule has 0 aliphatic heterocycles. The molecule has 18 heavy (non-hydrogen) atoms. The first-order chi connectivity index (χ1) is 8.47. The second kappa shape index (κ2) is 5.07. The molecule has 2 aromatic rings. The van der Waals surface area contributed by atoms with Crippen molar-refractivity contribution in [3.63, 3.8) is 0 Å². The fourth-order valence-corrected chi connectivity index (χ4v) is 2.78. The van der Waals surface area contributed by atoms with Crippen molar-refractivity contribution in [2.75, 3.05) is 5.32 Å². The number of aryl methyl sites for hydroxylation is 2. The third-order valence-corrected chi connectivity index (χ3v) is 3.94. The number of aromatic amines is 1. The van der Waals surface area contributed by atoms with Crippen LogP contribution in [0.3, 0.4) is 0 Å². The highest BCUT2D eigenvalue weighted by Gasteiger charge is 2.14. The summed E-state index contributed by atoms with van der Waals surface area (Å²) < 4.78 is 0.959. The average molecular weight is 327 g/mol. The first-order valence-corrected chi connectivity index (χ1v) is 6.85. The van der Waals surface area contributed by atoms with E-state index in [0.717, 1.165) is 27.1 Å². The van der Waals surface area contributed by atoms with Crippen LogP contribution in [0.25, 0.3) is 0 Å². The number of hydrogen-bond acceptors (Lipinski definition) is 3. The van der Waals surface area contributed by atoms with Gasteiger partial charge in [0.2, 0.25) is 0 Å². The van der Waals surface area contributed by atoms with Crippen LogP contribution in [0, 0.1) is 13.8 Å². The number of halogens is 1. The molecule has 4 nitrogen and oxygen atoms in total. The molecule has 1 amide bonds. The number of anilines is 1. The van der Waals surface area contributed by atoms with Crippen LogP contribution in [0.5, 0.6) is 0 Å². The maximum atomic E-state index is 12.0. The van der Waals surface area contributed by atoms with Gasteiger partial charge in [0.1, 0.15) is 4.88 Å². The Balaban J connectivity index is 2.26. The summed E-state index contributed by atoms with van der Waals surface area (Å²) in [5.74, 6) is -0.263. The highest BCUT2D eigenvalue weighted by molar-refractivity contribution is 9.10. The molecule has 0 spiro atoms. The van der Waals surface area contributed by atoms with Gasteiger partial charge < -0.3 is 10.3 Å². The fourth-order valence-electron chi connectivity index (χ4n) is 1.57. The largest absolute Gasteiger partial charge is 0.321 e. The molecule has 1 aromatic heterocycles. The number of H-pyrrole nitrogens is 1. The number of thiazole rings is 1. The molecule has 1 aromatic carbocycles. The standard InChI is InChI=1S/C12H11BrN2O2S/c1-6-5-8(13)3-4-9(6)15-11(16)10-7(2)14-12(17)18-10/h3-5H,1-2H3,(H,14,17)(H,15,16). The number of hydrogen-bond donors (Lipinski definition) is 2. The highest BCUT2D eigenvalue weighted by atomic mass is 79.9. The molecule has 0 saturated heterocycles. The van der Waals surface area contributed by atoms with Crippen LogP contribution in [0.15, 0.2) is 27.5 Å². The lowest BCUT2D eigenvalue weighted by atomic mass is 10.2. The van der Waals surface area contributed by atoms with Crippen LogP contribution in [-0.2, 0) is 0 Å². The van der Waals surface area contributed by atoms with Crippen molar-refractivity contribution in [2.45, 2.75) is 13.8 Å². The quantitative estimate of drug-likeness (QED) is 0.890. The highest BCUT2D eigenvalue weighted by Crippen LogP contribution is 2.21. The minimum Gasteiger partial charge on any atom is -0.321 e. The molecule has 1 heterocycles. The van der Waals surface area contributed by atoms with Crippen molar-refractivity contribution in [3.05, 3.63) is 48.5 Å². The Kier molecular flexibility index (Phi) is 3.68. The van der Waals surface area contributed by atoms with Gasteiger partial charge in [-0.25, -0.2) is 0 Å². The second-order valence-electron chi connectivity index (χ2n) is 3.88. The SMILES string of the molecule is Cc1cc(Br)ccc1NC(=O)c1sc(=O)[nH]c1C. The van der Waals surface area contributed by atoms with E-state index in [2.05, 4.69) is 26.2 Å². The zero-order valence-corrected chi connectivity index (χ0v) is 12.2. The van der Waals surface area contributed by atoms with E-state index in [1.54, 1.807) is 6.92 Å². The van der Waals surface area contributed by atoms with Crippen molar-refractivity contribution in [1.82, 2.24) is 4.98 Å². The summed E-state index contributed by atoms with van der Waals surface area (Å²) in [7, 11) is 0. The van der Waals surface area contributed by atoms with E-state index in [-0.39, 0.29) is 10.8 Å². The third-order valence-electron chi connectivity index (χ3n) is 2.47. The summed E-state index contributed by atoms with van der Waals surface area (Å²) in [6.45, 7) is 3.62. The maximum absolute atomic E-state index is 12.0. The maximum Gasteiger partial charge on any atom is 0.305 e. The van der Waals surface area contributed by atoms with Gasteiger partial charge in [-0.05, 0) is 37.6 Å². The fraction of sp³-hybridized carbons (Fsp3) is 0.167. The molecule has 0 bridgehead atoms. The molecule has 0 unspecified atom stereocenters. The summed E-state index contributed by atoms with van der Waals surface area (Å²) >= 11 is 4.28. The Hall–Kier alpha value is -1.40. The smallest absolute Gasteiger partial charge is 0.305 e.